The fourth-order valence-corrected chi connectivity index (χ4v) is 3.55. The van der Waals surface area contributed by atoms with Gasteiger partial charge in [0.05, 0.1) is 6.04 Å². The molecule has 0 aliphatic rings. The van der Waals surface area contributed by atoms with Crippen LogP contribution >= 0.6 is 24.4 Å². The molecule has 0 aromatic heterocycles. The average molecular weight is 494 g/mol. The zero-order valence-electron chi connectivity index (χ0n) is 19.1. The Balaban J connectivity index is 5.16. The van der Waals surface area contributed by atoms with Crippen molar-refractivity contribution in [1.82, 2.24) is 16.0 Å². The van der Waals surface area contributed by atoms with Crippen molar-refractivity contribution in [2.75, 3.05) is 24.3 Å². The summed E-state index contributed by atoms with van der Waals surface area (Å²) in [5, 5.41) is 17.1. The van der Waals surface area contributed by atoms with Gasteiger partial charge in [0.25, 0.3) is 0 Å². The fourth-order valence-electron chi connectivity index (χ4n) is 2.83. The highest BCUT2D eigenvalue weighted by atomic mass is 32.2. The molecule has 32 heavy (non-hydrogen) atoms. The molecule has 5 atom stereocenters. The van der Waals surface area contributed by atoms with Crippen LogP contribution in [0, 0.1) is 5.92 Å². The van der Waals surface area contributed by atoms with Crippen LogP contribution in [0.3, 0.4) is 0 Å². The van der Waals surface area contributed by atoms with Crippen LogP contribution in [0.1, 0.15) is 46.0 Å². The number of carboxylic acids is 1. The summed E-state index contributed by atoms with van der Waals surface area (Å²) in [7, 11) is 0. The first-order chi connectivity index (χ1) is 15.1. The summed E-state index contributed by atoms with van der Waals surface area (Å²) < 4.78 is 0. The molecular formula is C20H39N5O5S2. The summed E-state index contributed by atoms with van der Waals surface area (Å²) in [6.45, 7) is 4.06. The number of thiol groups is 1. The zero-order valence-corrected chi connectivity index (χ0v) is 20.8. The standard InChI is InChI=1S/C20H39N5O5S2/c1-4-12(2)16(20(29)30)25-19(28)15(11-31)24-18(27)14(8-10-32-3)23-17(26)13(22)7-5-6-9-21/h12-16,31H,4-11,21-22H2,1-3H3,(H,23,26)(H,24,27)(H,25,28)(H,29,30). The number of amides is 3. The number of hydrogen-bond donors (Lipinski definition) is 7. The normalized spacial score (nSPS) is 15.7. The quantitative estimate of drug-likeness (QED) is 0.107. The minimum atomic E-state index is -1.15. The molecule has 0 aromatic rings. The van der Waals surface area contributed by atoms with E-state index in [0.717, 1.165) is 6.42 Å². The average Bonchev–Trinajstić information content (AvgIpc) is 2.77. The predicted octanol–water partition coefficient (Wildman–Crippen LogP) is -0.289. The summed E-state index contributed by atoms with van der Waals surface area (Å²) in [6.07, 6.45) is 4.69. The SMILES string of the molecule is CCC(C)C(NC(=O)C(CS)NC(=O)C(CCSC)NC(=O)C(N)CCCCN)C(=O)O. The van der Waals surface area contributed by atoms with Crippen LogP contribution in [0.25, 0.3) is 0 Å². The van der Waals surface area contributed by atoms with Crippen molar-refractivity contribution in [3.8, 4) is 0 Å². The highest BCUT2D eigenvalue weighted by Gasteiger charge is 2.31. The maximum Gasteiger partial charge on any atom is 0.326 e. The molecule has 0 saturated carbocycles. The Morgan fingerprint density at radius 1 is 1.00 bits per heavy atom. The molecule has 5 unspecified atom stereocenters. The molecule has 8 N–H and O–H groups in total. The first kappa shape index (κ1) is 30.5. The Labute approximate surface area is 200 Å². The van der Waals surface area contributed by atoms with Gasteiger partial charge >= 0.3 is 5.97 Å². The van der Waals surface area contributed by atoms with E-state index in [1.165, 1.54) is 11.8 Å². The fraction of sp³-hybridized carbons (Fsp3) is 0.800. The van der Waals surface area contributed by atoms with E-state index in [9.17, 15) is 24.3 Å². The lowest BCUT2D eigenvalue weighted by Crippen LogP contribution is -2.58. The van der Waals surface area contributed by atoms with Crippen LogP contribution in [0.2, 0.25) is 0 Å². The molecule has 0 aliphatic heterocycles. The monoisotopic (exact) mass is 493 g/mol. The molecule has 186 valence electrons. The molecular weight excluding hydrogens is 454 g/mol. The van der Waals surface area contributed by atoms with Crippen molar-refractivity contribution in [1.29, 1.82) is 0 Å². The van der Waals surface area contributed by atoms with E-state index in [0.29, 0.717) is 38.0 Å². The smallest absolute Gasteiger partial charge is 0.326 e. The Hall–Kier alpha value is -1.50. The van der Waals surface area contributed by atoms with Crippen molar-refractivity contribution < 1.29 is 24.3 Å². The Kier molecular flexibility index (Phi) is 16.2. The number of carboxylic acid groups (broad SMARTS) is 1. The lowest BCUT2D eigenvalue weighted by molar-refractivity contribution is -0.143. The van der Waals surface area contributed by atoms with Crippen LogP contribution in [0.5, 0.6) is 0 Å². The van der Waals surface area contributed by atoms with E-state index >= 15 is 0 Å². The summed E-state index contributed by atoms with van der Waals surface area (Å²) in [5.74, 6) is -2.51. The van der Waals surface area contributed by atoms with Crippen LogP contribution in [-0.2, 0) is 19.2 Å². The number of nitrogens with two attached hydrogens (primary N) is 2. The molecule has 0 fully saturated rings. The molecule has 0 aromatic carbocycles. The van der Waals surface area contributed by atoms with Crippen molar-refractivity contribution in [3.63, 3.8) is 0 Å². The Morgan fingerprint density at radius 2 is 1.59 bits per heavy atom. The zero-order chi connectivity index (χ0) is 24.7. The van der Waals surface area contributed by atoms with Gasteiger partial charge in [0.1, 0.15) is 18.1 Å². The molecule has 0 spiro atoms. The summed E-state index contributed by atoms with van der Waals surface area (Å²) in [5.41, 5.74) is 11.4. The van der Waals surface area contributed by atoms with Crippen molar-refractivity contribution in [2.45, 2.75) is 70.1 Å². The van der Waals surface area contributed by atoms with Gasteiger partial charge in [-0.05, 0) is 43.7 Å². The van der Waals surface area contributed by atoms with E-state index < -0.39 is 47.9 Å². The van der Waals surface area contributed by atoms with E-state index in [2.05, 4.69) is 28.6 Å². The van der Waals surface area contributed by atoms with Crippen LogP contribution in [0.15, 0.2) is 0 Å². The predicted molar refractivity (Wildman–Crippen MR) is 131 cm³/mol. The van der Waals surface area contributed by atoms with Crippen LogP contribution in [0.4, 0.5) is 0 Å². The van der Waals surface area contributed by atoms with Crippen LogP contribution in [-0.4, -0.2) is 77.3 Å². The van der Waals surface area contributed by atoms with Gasteiger partial charge in [-0.2, -0.15) is 24.4 Å². The summed E-state index contributed by atoms with van der Waals surface area (Å²) in [6, 6.07) is -3.77. The maximum absolute atomic E-state index is 12.8. The molecule has 12 heteroatoms. The van der Waals surface area contributed by atoms with E-state index in [4.69, 9.17) is 11.5 Å². The third-order valence-electron chi connectivity index (χ3n) is 5.14. The first-order valence-corrected chi connectivity index (χ1v) is 12.8. The lowest BCUT2D eigenvalue weighted by atomic mass is 9.99. The summed E-state index contributed by atoms with van der Waals surface area (Å²) >= 11 is 5.63. The highest BCUT2D eigenvalue weighted by molar-refractivity contribution is 7.98. The van der Waals surface area contributed by atoms with Gasteiger partial charge in [-0.3, -0.25) is 14.4 Å². The minimum Gasteiger partial charge on any atom is -0.480 e. The first-order valence-electron chi connectivity index (χ1n) is 10.8. The van der Waals surface area contributed by atoms with E-state index in [-0.39, 0.29) is 11.7 Å². The lowest BCUT2D eigenvalue weighted by Gasteiger charge is -2.26. The number of carbonyl (C=O) groups excluding carboxylic acids is 3. The topological polar surface area (TPSA) is 177 Å². The van der Waals surface area contributed by atoms with Crippen LogP contribution < -0.4 is 27.4 Å². The van der Waals surface area contributed by atoms with Gasteiger partial charge in [0, 0.05) is 5.75 Å². The van der Waals surface area contributed by atoms with Gasteiger partial charge in [-0.15, -0.1) is 0 Å². The number of thioether (sulfide) groups is 1. The molecule has 0 saturated heterocycles. The number of carbonyl (C=O) groups is 4. The molecule has 0 radical (unpaired) electrons. The Morgan fingerprint density at radius 3 is 2.09 bits per heavy atom. The molecule has 0 rings (SSSR count). The molecule has 0 bridgehead atoms. The highest BCUT2D eigenvalue weighted by Crippen LogP contribution is 2.09. The number of unbranched alkanes of at least 4 members (excludes halogenated alkanes) is 1. The number of hydrogen-bond acceptors (Lipinski definition) is 8. The second-order valence-corrected chi connectivity index (χ2v) is 9.04. The van der Waals surface area contributed by atoms with Gasteiger partial charge in [0.15, 0.2) is 0 Å². The van der Waals surface area contributed by atoms with Gasteiger partial charge in [0.2, 0.25) is 17.7 Å². The summed E-state index contributed by atoms with van der Waals surface area (Å²) in [4.78, 5) is 49.3. The van der Waals surface area contributed by atoms with E-state index in [1.807, 2.05) is 13.2 Å². The minimum absolute atomic E-state index is 0.0355. The number of aliphatic carboxylic acids is 1. The van der Waals surface area contributed by atoms with Gasteiger partial charge in [-0.25, -0.2) is 4.79 Å². The molecule has 10 nitrogen and oxygen atoms in total. The number of nitrogens with one attached hydrogen (secondary N) is 3. The Bertz CT molecular complexity index is 611. The second kappa shape index (κ2) is 17.0. The second-order valence-electron chi connectivity index (χ2n) is 7.69. The molecule has 0 heterocycles. The third kappa shape index (κ3) is 11.4. The van der Waals surface area contributed by atoms with Gasteiger partial charge in [-0.1, -0.05) is 26.7 Å². The third-order valence-corrected chi connectivity index (χ3v) is 6.15. The maximum atomic E-state index is 12.8. The number of rotatable bonds is 17. The largest absolute Gasteiger partial charge is 0.480 e. The molecule has 0 aliphatic carbocycles. The molecule has 3 amide bonds. The van der Waals surface area contributed by atoms with E-state index in [1.54, 1.807) is 6.92 Å². The van der Waals surface area contributed by atoms with Gasteiger partial charge < -0.3 is 32.5 Å². The van der Waals surface area contributed by atoms with Crippen molar-refractivity contribution in [3.05, 3.63) is 0 Å². The van der Waals surface area contributed by atoms with Crippen molar-refractivity contribution >= 4 is 48.1 Å². The van der Waals surface area contributed by atoms with Crippen molar-refractivity contribution in [2.24, 2.45) is 17.4 Å².